The summed E-state index contributed by atoms with van der Waals surface area (Å²) in [6, 6.07) is 29.5. The van der Waals surface area contributed by atoms with Crippen LogP contribution in [-0.4, -0.2) is 21.7 Å². The SMILES string of the molecule is S=C(Nc1ccccc1)N1[C@H](c2ccccc2)CCN1Cc1ccc(Br)cc1. The molecule has 0 bridgehead atoms. The number of nitrogens with one attached hydrogen (secondary N) is 1. The van der Waals surface area contributed by atoms with Gasteiger partial charge in [-0.15, -0.1) is 0 Å². The molecule has 0 unspecified atom stereocenters. The van der Waals surface area contributed by atoms with Crippen molar-refractivity contribution in [1.29, 1.82) is 0 Å². The Morgan fingerprint density at radius 3 is 2.25 bits per heavy atom. The van der Waals surface area contributed by atoms with E-state index in [9.17, 15) is 0 Å². The minimum atomic E-state index is 0.236. The molecule has 1 aliphatic heterocycles. The second-order valence-corrected chi connectivity index (χ2v) is 8.17. The van der Waals surface area contributed by atoms with Crippen LogP contribution in [0.15, 0.2) is 89.4 Å². The molecular weight excluding hydrogens is 430 g/mol. The van der Waals surface area contributed by atoms with Gasteiger partial charge in [0.25, 0.3) is 0 Å². The molecule has 28 heavy (non-hydrogen) atoms. The zero-order valence-corrected chi connectivity index (χ0v) is 17.9. The Labute approximate surface area is 180 Å². The molecule has 1 heterocycles. The smallest absolute Gasteiger partial charge is 0.188 e. The van der Waals surface area contributed by atoms with Crippen molar-refractivity contribution in [2.75, 3.05) is 11.9 Å². The monoisotopic (exact) mass is 451 g/mol. The topological polar surface area (TPSA) is 18.5 Å². The van der Waals surface area contributed by atoms with Crippen molar-refractivity contribution in [2.45, 2.75) is 19.0 Å². The molecule has 0 spiro atoms. The van der Waals surface area contributed by atoms with E-state index in [1.54, 1.807) is 0 Å². The molecule has 0 aliphatic carbocycles. The highest BCUT2D eigenvalue weighted by atomic mass is 79.9. The highest BCUT2D eigenvalue weighted by molar-refractivity contribution is 9.10. The molecule has 1 fully saturated rings. The summed E-state index contributed by atoms with van der Waals surface area (Å²) in [5.41, 5.74) is 3.57. The van der Waals surface area contributed by atoms with Gasteiger partial charge in [-0.1, -0.05) is 76.6 Å². The van der Waals surface area contributed by atoms with Crippen LogP contribution in [0.1, 0.15) is 23.6 Å². The molecule has 0 radical (unpaired) electrons. The van der Waals surface area contributed by atoms with Crippen molar-refractivity contribution in [3.63, 3.8) is 0 Å². The summed E-state index contributed by atoms with van der Waals surface area (Å²) in [5.74, 6) is 0. The molecule has 3 aromatic carbocycles. The van der Waals surface area contributed by atoms with Crippen LogP contribution in [-0.2, 0) is 6.54 Å². The van der Waals surface area contributed by atoms with Crippen molar-refractivity contribution in [3.05, 3.63) is 101 Å². The number of nitrogens with zero attached hydrogens (tertiary/aromatic N) is 2. The molecule has 0 saturated carbocycles. The molecule has 0 aromatic heterocycles. The number of para-hydroxylation sites is 1. The number of anilines is 1. The summed E-state index contributed by atoms with van der Waals surface area (Å²) in [7, 11) is 0. The number of rotatable bonds is 4. The van der Waals surface area contributed by atoms with Crippen LogP contribution >= 0.6 is 28.1 Å². The van der Waals surface area contributed by atoms with E-state index in [-0.39, 0.29) is 6.04 Å². The zero-order chi connectivity index (χ0) is 19.3. The molecule has 1 N–H and O–H groups in total. The molecule has 1 aliphatic rings. The normalized spacial score (nSPS) is 16.9. The standard InChI is InChI=1S/C23H22BrN3S/c24-20-13-11-18(12-14-20)17-26-16-15-22(19-7-3-1-4-8-19)27(26)23(28)25-21-9-5-2-6-10-21/h1-14,22H,15-17H2,(H,25,28)/t22-/m0/s1. The number of benzene rings is 3. The molecule has 3 aromatic rings. The second-order valence-electron chi connectivity index (χ2n) is 6.87. The maximum atomic E-state index is 5.85. The number of hydrogen-bond acceptors (Lipinski definition) is 2. The molecule has 3 nitrogen and oxygen atoms in total. The molecule has 4 rings (SSSR count). The van der Waals surface area contributed by atoms with Crippen molar-refractivity contribution >= 4 is 38.9 Å². The van der Waals surface area contributed by atoms with E-state index in [1.165, 1.54) is 11.1 Å². The van der Waals surface area contributed by atoms with Gasteiger partial charge in [0, 0.05) is 23.2 Å². The lowest BCUT2D eigenvalue weighted by atomic mass is 10.1. The predicted octanol–water partition coefficient (Wildman–Crippen LogP) is 6.01. The fourth-order valence-corrected chi connectivity index (χ4v) is 4.23. The predicted molar refractivity (Wildman–Crippen MR) is 123 cm³/mol. The molecule has 1 saturated heterocycles. The summed E-state index contributed by atoms with van der Waals surface area (Å²) in [5, 5.41) is 8.74. The van der Waals surface area contributed by atoms with Gasteiger partial charge < -0.3 is 5.32 Å². The number of thiocarbonyl (C=S) groups is 1. The number of hydrogen-bond donors (Lipinski definition) is 1. The van der Waals surface area contributed by atoms with Crippen LogP contribution in [0.2, 0.25) is 0 Å². The first-order chi connectivity index (χ1) is 13.7. The van der Waals surface area contributed by atoms with Gasteiger partial charge in [-0.3, -0.25) is 5.01 Å². The number of hydrazine groups is 1. The Balaban J connectivity index is 1.59. The maximum Gasteiger partial charge on any atom is 0.188 e. The average molecular weight is 452 g/mol. The van der Waals surface area contributed by atoms with Crippen LogP contribution in [0.4, 0.5) is 5.69 Å². The third-order valence-electron chi connectivity index (χ3n) is 4.96. The lowest BCUT2D eigenvalue weighted by Gasteiger charge is -2.35. The van der Waals surface area contributed by atoms with Gasteiger partial charge in [0.15, 0.2) is 5.11 Å². The third-order valence-corrected chi connectivity index (χ3v) is 5.77. The van der Waals surface area contributed by atoms with Crippen molar-refractivity contribution in [2.24, 2.45) is 0 Å². The Morgan fingerprint density at radius 1 is 0.929 bits per heavy atom. The first kappa shape index (κ1) is 19.1. The molecule has 142 valence electrons. The van der Waals surface area contributed by atoms with Crippen LogP contribution in [0, 0.1) is 0 Å². The van der Waals surface area contributed by atoms with E-state index < -0.39 is 0 Å². The largest absolute Gasteiger partial charge is 0.332 e. The fraction of sp³-hybridized carbons (Fsp3) is 0.174. The molecule has 1 atom stereocenters. The van der Waals surface area contributed by atoms with E-state index in [0.29, 0.717) is 0 Å². The van der Waals surface area contributed by atoms with Crippen molar-refractivity contribution < 1.29 is 0 Å². The minimum absolute atomic E-state index is 0.236. The van der Waals surface area contributed by atoms with Gasteiger partial charge in [0.2, 0.25) is 0 Å². The van der Waals surface area contributed by atoms with Gasteiger partial charge in [-0.2, -0.15) is 0 Å². The van der Waals surface area contributed by atoms with Crippen molar-refractivity contribution in [3.8, 4) is 0 Å². The third kappa shape index (κ3) is 4.43. The van der Waals surface area contributed by atoms with Crippen LogP contribution < -0.4 is 5.32 Å². The van der Waals surface area contributed by atoms with Crippen LogP contribution in [0.3, 0.4) is 0 Å². The van der Waals surface area contributed by atoms with Gasteiger partial charge in [-0.05, 0) is 54.0 Å². The Morgan fingerprint density at radius 2 is 1.57 bits per heavy atom. The van der Waals surface area contributed by atoms with Crippen LogP contribution in [0.5, 0.6) is 0 Å². The van der Waals surface area contributed by atoms with E-state index in [2.05, 4.69) is 85.9 Å². The van der Waals surface area contributed by atoms with Gasteiger partial charge >= 0.3 is 0 Å². The Kier molecular flexibility index (Phi) is 6.05. The van der Waals surface area contributed by atoms with E-state index >= 15 is 0 Å². The first-order valence-electron chi connectivity index (χ1n) is 9.40. The first-order valence-corrected chi connectivity index (χ1v) is 10.6. The summed E-state index contributed by atoms with van der Waals surface area (Å²) in [6.45, 7) is 1.79. The Hall–Kier alpha value is -2.21. The lowest BCUT2D eigenvalue weighted by Crippen LogP contribution is -2.44. The molecular formula is C23H22BrN3S. The van der Waals surface area contributed by atoms with Gasteiger partial charge in [-0.25, -0.2) is 5.01 Å². The summed E-state index contributed by atoms with van der Waals surface area (Å²) < 4.78 is 1.10. The number of halogens is 1. The summed E-state index contributed by atoms with van der Waals surface area (Å²) in [4.78, 5) is 0. The van der Waals surface area contributed by atoms with E-state index in [1.807, 2.05) is 30.3 Å². The van der Waals surface area contributed by atoms with Crippen molar-refractivity contribution in [1.82, 2.24) is 10.0 Å². The molecule has 5 heteroatoms. The van der Waals surface area contributed by atoms with E-state index in [4.69, 9.17) is 12.2 Å². The molecule has 0 amide bonds. The minimum Gasteiger partial charge on any atom is -0.332 e. The van der Waals surface area contributed by atoms with Gasteiger partial charge in [0.05, 0.1) is 6.04 Å². The average Bonchev–Trinajstić information content (AvgIpc) is 3.15. The van der Waals surface area contributed by atoms with Gasteiger partial charge in [0.1, 0.15) is 0 Å². The lowest BCUT2D eigenvalue weighted by molar-refractivity contribution is 0.0692. The summed E-state index contributed by atoms with van der Waals surface area (Å²) >= 11 is 9.37. The zero-order valence-electron chi connectivity index (χ0n) is 15.5. The van der Waals surface area contributed by atoms with E-state index in [0.717, 1.165) is 34.8 Å². The highest BCUT2D eigenvalue weighted by Crippen LogP contribution is 2.34. The highest BCUT2D eigenvalue weighted by Gasteiger charge is 2.34. The maximum absolute atomic E-state index is 5.85. The quantitative estimate of drug-likeness (QED) is 0.489. The summed E-state index contributed by atoms with van der Waals surface area (Å²) in [6.07, 6.45) is 1.04. The Bertz CT molecular complexity index is 916. The second kappa shape index (κ2) is 8.86. The van der Waals surface area contributed by atoms with Crippen LogP contribution in [0.25, 0.3) is 0 Å². The fourth-order valence-electron chi connectivity index (χ4n) is 3.61.